The Kier molecular flexibility index (Phi) is 12.3. The van der Waals surface area contributed by atoms with Gasteiger partial charge in [0.25, 0.3) is 5.91 Å². The first-order valence-electron chi connectivity index (χ1n) is 9.17. The fourth-order valence-corrected chi connectivity index (χ4v) is 2.64. The molecule has 1 rings (SSSR count). The van der Waals surface area contributed by atoms with Gasteiger partial charge < -0.3 is 16.0 Å². The van der Waals surface area contributed by atoms with Crippen LogP contribution in [0, 0.1) is 5.41 Å². The molecule has 0 aromatic heterocycles. The van der Waals surface area contributed by atoms with E-state index in [-0.39, 0.29) is 35.3 Å². The van der Waals surface area contributed by atoms with Crippen LogP contribution in [0.1, 0.15) is 62.4 Å². The molecular formula is C20H35IN4O. The molecule has 3 N–H and O–H groups in total. The van der Waals surface area contributed by atoms with E-state index in [9.17, 15) is 4.79 Å². The summed E-state index contributed by atoms with van der Waals surface area (Å²) < 4.78 is 0. The summed E-state index contributed by atoms with van der Waals surface area (Å²) in [5.41, 5.74) is 1.96. The maximum absolute atomic E-state index is 11.7. The average molecular weight is 474 g/mol. The van der Waals surface area contributed by atoms with Crippen molar-refractivity contribution in [2.45, 2.75) is 53.0 Å². The largest absolute Gasteiger partial charge is 0.356 e. The van der Waals surface area contributed by atoms with Crippen molar-refractivity contribution in [2.24, 2.45) is 10.4 Å². The average Bonchev–Trinajstić information content (AvgIpc) is 2.61. The number of hydrogen-bond acceptors (Lipinski definition) is 2. The lowest BCUT2D eigenvalue weighted by atomic mass is 9.87. The molecule has 0 unspecified atom stereocenters. The molecule has 0 aliphatic heterocycles. The van der Waals surface area contributed by atoms with Crippen LogP contribution in [-0.2, 0) is 6.54 Å². The number of carbonyl (C=O) groups is 1. The summed E-state index contributed by atoms with van der Waals surface area (Å²) in [6.07, 6.45) is 5.02. The molecule has 0 spiro atoms. The lowest BCUT2D eigenvalue weighted by Gasteiger charge is -2.26. The van der Waals surface area contributed by atoms with E-state index in [4.69, 9.17) is 0 Å². The third-order valence-corrected chi connectivity index (χ3v) is 4.29. The highest BCUT2D eigenvalue weighted by atomic mass is 127. The molecular weight excluding hydrogens is 439 g/mol. The minimum Gasteiger partial charge on any atom is -0.356 e. The fraction of sp³-hybridized carbons (Fsp3) is 0.600. The topological polar surface area (TPSA) is 65.5 Å². The highest BCUT2D eigenvalue weighted by Gasteiger charge is 2.17. The Morgan fingerprint density at radius 1 is 1.19 bits per heavy atom. The van der Waals surface area contributed by atoms with Crippen LogP contribution >= 0.6 is 24.0 Å². The van der Waals surface area contributed by atoms with Crippen LogP contribution in [0.4, 0.5) is 0 Å². The third kappa shape index (κ3) is 9.40. The smallest absolute Gasteiger partial charge is 0.251 e. The third-order valence-electron chi connectivity index (χ3n) is 4.29. The number of carbonyl (C=O) groups excluding carboxylic acids is 1. The number of nitrogens with zero attached hydrogens (tertiary/aromatic N) is 1. The summed E-state index contributed by atoms with van der Waals surface area (Å²) in [6, 6.07) is 7.61. The van der Waals surface area contributed by atoms with E-state index in [0.29, 0.717) is 12.1 Å². The predicted molar refractivity (Wildman–Crippen MR) is 121 cm³/mol. The van der Waals surface area contributed by atoms with Gasteiger partial charge in [0.15, 0.2) is 5.96 Å². The molecule has 1 aromatic carbocycles. The maximum Gasteiger partial charge on any atom is 0.251 e. The summed E-state index contributed by atoms with van der Waals surface area (Å²) in [4.78, 5) is 16.0. The second-order valence-electron chi connectivity index (χ2n) is 7.18. The zero-order chi connectivity index (χ0) is 18.7. The lowest BCUT2D eigenvalue weighted by Crippen LogP contribution is -2.41. The van der Waals surface area contributed by atoms with Gasteiger partial charge in [-0.05, 0) is 29.5 Å². The summed E-state index contributed by atoms with van der Waals surface area (Å²) >= 11 is 0. The number of aliphatic imine (C=N–C) groups is 1. The first-order chi connectivity index (χ1) is 11.9. The van der Waals surface area contributed by atoms with E-state index in [1.807, 2.05) is 24.3 Å². The van der Waals surface area contributed by atoms with E-state index >= 15 is 0 Å². The Bertz CT molecular complexity index is 573. The second kappa shape index (κ2) is 12.9. The summed E-state index contributed by atoms with van der Waals surface area (Å²) in [5.74, 6) is 0.715. The van der Waals surface area contributed by atoms with Gasteiger partial charge in [-0.2, -0.15) is 0 Å². The van der Waals surface area contributed by atoms with Gasteiger partial charge >= 0.3 is 0 Å². The van der Waals surface area contributed by atoms with Crippen molar-refractivity contribution >= 4 is 35.8 Å². The van der Waals surface area contributed by atoms with Gasteiger partial charge in [-0.15, -0.1) is 24.0 Å². The van der Waals surface area contributed by atoms with E-state index in [2.05, 4.69) is 41.7 Å². The standard InChI is InChI=1S/C20H34N4O.HI/c1-6-7-8-12-20(2,3)15-24-19(22-5)23-14-16-10-9-11-17(13-16)18(25)21-4;/h9-11,13H,6-8,12,14-15H2,1-5H3,(H,21,25)(H2,22,23,24);1H. The minimum absolute atomic E-state index is 0. The quantitative estimate of drug-likeness (QED) is 0.220. The number of amides is 1. The molecule has 0 atom stereocenters. The normalized spacial score (nSPS) is 11.5. The number of nitrogens with one attached hydrogen (secondary N) is 3. The van der Waals surface area contributed by atoms with Gasteiger partial charge in [-0.3, -0.25) is 9.79 Å². The second-order valence-corrected chi connectivity index (χ2v) is 7.18. The Morgan fingerprint density at radius 2 is 1.92 bits per heavy atom. The van der Waals surface area contributed by atoms with Crippen molar-refractivity contribution in [3.05, 3.63) is 35.4 Å². The Balaban J connectivity index is 0.00000625. The van der Waals surface area contributed by atoms with Gasteiger partial charge in [0.05, 0.1) is 0 Å². The van der Waals surface area contributed by atoms with E-state index in [0.717, 1.165) is 18.1 Å². The molecule has 0 radical (unpaired) electrons. The molecule has 1 aromatic rings. The highest BCUT2D eigenvalue weighted by Crippen LogP contribution is 2.22. The van der Waals surface area contributed by atoms with Crippen molar-refractivity contribution in [3.63, 3.8) is 0 Å². The van der Waals surface area contributed by atoms with Crippen LogP contribution < -0.4 is 16.0 Å². The molecule has 0 saturated carbocycles. The molecule has 0 saturated heterocycles. The van der Waals surface area contributed by atoms with Crippen molar-refractivity contribution in [1.82, 2.24) is 16.0 Å². The van der Waals surface area contributed by atoms with Crippen LogP contribution in [0.2, 0.25) is 0 Å². The SMILES string of the molecule is CCCCCC(C)(C)CNC(=NC)NCc1cccc(C(=O)NC)c1.I. The van der Waals surface area contributed by atoms with Crippen LogP contribution in [0.25, 0.3) is 0 Å². The first-order valence-corrected chi connectivity index (χ1v) is 9.17. The number of rotatable bonds is 9. The molecule has 26 heavy (non-hydrogen) atoms. The number of guanidine groups is 1. The van der Waals surface area contributed by atoms with Gasteiger partial charge in [0, 0.05) is 32.7 Å². The Morgan fingerprint density at radius 3 is 2.54 bits per heavy atom. The van der Waals surface area contributed by atoms with Crippen LogP contribution in [0.3, 0.4) is 0 Å². The molecule has 1 amide bonds. The summed E-state index contributed by atoms with van der Waals surface area (Å²) in [7, 11) is 3.42. The van der Waals surface area contributed by atoms with Gasteiger partial charge in [0.2, 0.25) is 0 Å². The van der Waals surface area contributed by atoms with E-state index in [1.54, 1.807) is 14.1 Å². The fourth-order valence-electron chi connectivity index (χ4n) is 2.64. The Hall–Kier alpha value is -1.31. The van der Waals surface area contributed by atoms with Crippen molar-refractivity contribution < 1.29 is 4.79 Å². The zero-order valence-electron chi connectivity index (χ0n) is 16.8. The molecule has 0 heterocycles. The van der Waals surface area contributed by atoms with Crippen molar-refractivity contribution in [3.8, 4) is 0 Å². The zero-order valence-corrected chi connectivity index (χ0v) is 19.1. The minimum atomic E-state index is -0.0711. The van der Waals surface area contributed by atoms with E-state index < -0.39 is 0 Å². The summed E-state index contributed by atoms with van der Waals surface area (Å²) in [5, 5.41) is 9.38. The number of hydrogen-bond donors (Lipinski definition) is 3. The molecule has 148 valence electrons. The monoisotopic (exact) mass is 474 g/mol. The predicted octanol–water partition coefficient (Wildman–Crippen LogP) is 3.94. The molecule has 0 fully saturated rings. The number of unbranched alkanes of at least 4 members (excludes halogenated alkanes) is 2. The van der Waals surface area contributed by atoms with Gasteiger partial charge in [-0.25, -0.2) is 0 Å². The first kappa shape index (κ1) is 24.7. The molecule has 0 aliphatic rings. The van der Waals surface area contributed by atoms with Crippen LogP contribution in [0.5, 0.6) is 0 Å². The molecule has 0 aliphatic carbocycles. The number of halogens is 1. The van der Waals surface area contributed by atoms with Gasteiger partial charge in [0.1, 0.15) is 0 Å². The molecule has 6 heteroatoms. The van der Waals surface area contributed by atoms with Crippen molar-refractivity contribution in [1.29, 1.82) is 0 Å². The van der Waals surface area contributed by atoms with Crippen LogP contribution in [-0.4, -0.2) is 32.5 Å². The van der Waals surface area contributed by atoms with Crippen molar-refractivity contribution in [2.75, 3.05) is 20.6 Å². The highest BCUT2D eigenvalue weighted by molar-refractivity contribution is 14.0. The van der Waals surface area contributed by atoms with E-state index in [1.165, 1.54) is 25.7 Å². The maximum atomic E-state index is 11.7. The molecule has 0 bridgehead atoms. The lowest BCUT2D eigenvalue weighted by molar-refractivity contribution is 0.0963. The number of benzene rings is 1. The Labute approximate surface area is 175 Å². The van der Waals surface area contributed by atoms with Crippen LogP contribution in [0.15, 0.2) is 29.3 Å². The molecule has 5 nitrogen and oxygen atoms in total. The summed E-state index contributed by atoms with van der Waals surface area (Å²) in [6.45, 7) is 8.32. The van der Waals surface area contributed by atoms with Gasteiger partial charge in [-0.1, -0.05) is 52.2 Å².